The maximum atomic E-state index is 12.3. The Bertz CT molecular complexity index is 842. The molecular formula is C18H22N2O4. The monoisotopic (exact) mass is 330 g/mol. The van der Waals surface area contributed by atoms with E-state index >= 15 is 0 Å². The van der Waals surface area contributed by atoms with E-state index in [1.54, 1.807) is 0 Å². The van der Waals surface area contributed by atoms with Crippen molar-refractivity contribution in [1.29, 1.82) is 0 Å². The molecule has 1 unspecified atom stereocenters. The molecule has 0 radical (unpaired) electrons. The molecule has 1 aliphatic rings. The predicted molar refractivity (Wildman–Crippen MR) is 91.0 cm³/mol. The first-order valence-electron chi connectivity index (χ1n) is 8.21. The van der Waals surface area contributed by atoms with Crippen molar-refractivity contribution >= 4 is 0 Å². The van der Waals surface area contributed by atoms with Crippen LogP contribution in [0.2, 0.25) is 0 Å². The summed E-state index contributed by atoms with van der Waals surface area (Å²) < 4.78 is 12.7. The van der Waals surface area contributed by atoms with E-state index in [1.807, 2.05) is 39.0 Å². The molecule has 2 aromatic rings. The van der Waals surface area contributed by atoms with Crippen molar-refractivity contribution in [3.8, 4) is 11.6 Å². The highest BCUT2D eigenvalue weighted by molar-refractivity contribution is 5.37. The van der Waals surface area contributed by atoms with Gasteiger partial charge in [0.15, 0.2) is 0 Å². The van der Waals surface area contributed by atoms with E-state index in [1.165, 1.54) is 4.57 Å². The van der Waals surface area contributed by atoms with E-state index in [9.17, 15) is 9.59 Å². The van der Waals surface area contributed by atoms with E-state index < -0.39 is 5.69 Å². The molecule has 6 heteroatoms. The van der Waals surface area contributed by atoms with Crippen LogP contribution in [-0.2, 0) is 17.7 Å². The van der Waals surface area contributed by atoms with E-state index in [2.05, 4.69) is 4.98 Å². The molecule has 1 atom stereocenters. The minimum absolute atomic E-state index is 0.00433. The number of rotatable bonds is 6. The molecule has 0 saturated carbocycles. The maximum Gasteiger partial charge on any atom is 0.331 e. The normalized spacial score (nSPS) is 16.2. The van der Waals surface area contributed by atoms with Crippen LogP contribution in [0.4, 0.5) is 0 Å². The number of ether oxygens (including phenoxy) is 2. The average Bonchev–Trinajstić information content (AvgIpc) is 3.30. The van der Waals surface area contributed by atoms with Crippen LogP contribution < -0.4 is 16.0 Å². The Morgan fingerprint density at radius 3 is 2.50 bits per heavy atom. The van der Waals surface area contributed by atoms with Crippen molar-refractivity contribution < 1.29 is 9.47 Å². The van der Waals surface area contributed by atoms with Crippen LogP contribution in [0.25, 0.3) is 0 Å². The average molecular weight is 330 g/mol. The largest absolute Gasteiger partial charge is 0.440 e. The highest BCUT2D eigenvalue weighted by Gasteiger charge is 2.27. The summed E-state index contributed by atoms with van der Waals surface area (Å²) in [5.74, 6) is 0.950. The zero-order valence-corrected chi connectivity index (χ0v) is 14.2. The number of aromatic amines is 1. The molecule has 1 saturated heterocycles. The Hall–Kier alpha value is -2.34. The van der Waals surface area contributed by atoms with Crippen LogP contribution in [0.5, 0.6) is 11.6 Å². The lowest BCUT2D eigenvalue weighted by Crippen LogP contribution is -2.34. The Morgan fingerprint density at radius 1 is 1.25 bits per heavy atom. The van der Waals surface area contributed by atoms with Crippen LogP contribution in [0.1, 0.15) is 30.0 Å². The molecule has 3 rings (SSSR count). The van der Waals surface area contributed by atoms with E-state index in [0.717, 1.165) is 17.5 Å². The Morgan fingerprint density at radius 2 is 1.92 bits per heavy atom. The number of hydrogen-bond acceptors (Lipinski definition) is 4. The molecule has 1 N–H and O–H groups in total. The number of hydrogen-bond donors (Lipinski definition) is 1. The van der Waals surface area contributed by atoms with Gasteiger partial charge >= 0.3 is 5.69 Å². The van der Waals surface area contributed by atoms with Gasteiger partial charge in [-0.05, 0) is 43.5 Å². The van der Waals surface area contributed by atoms with Crippen molar-refractivity contribution in [3.63, 3.8) is 0 Å². The Balaban J connectivity index is 2.11. The van der Waals surface area contributed by atoms with Gasteiger partial charge in [-0.2, -0.15) is 0 Å². The quantitative estimate of drug-likeness (QED) is 0.825. The van der Waals surface area contributed by atoms with Gasteiger partial charge in [0.1, 0.15) is 5.75 Å². The molecule has 6 nitrogen and oxygen atoms in total. The fourth-order valence-corrected chi connectivity index (χ4v) is 2.83. The lowest BCUT2D eigenvalue weighted by Gasteiger charge is -2.16. The fourth-order valence-electron chi connectivity index (χ4n) is 2.83. The zero-order chi connectivity index (χ0) is 17.3. The van der Waals surface area contributed by atoms with Crippen molar-refractivity contribution in [3.05, 3.63) is 55.7 Å². The van der Waals surface area contributed by atoms with Crippen LogP contribution in [0, 0.1) is 13.8 Å². The van der Waals surface area contributed by atoms with Crippen molar-refractivity contribution in [2.24, 2.45) is 0 Å². The second kappa shape index (κ2) is 6.65. The van der Waals surface area contributed by atoms with Gasteiger partial charge in [0.05, 0.1) is 24.8 Å². The molecule has 1 fully saturated rings. The van der Waals surface area contributed by atoms with Gasteiger partial charge in [-0.3, -0.25) is 14.3 Å². The Kier molecular flexibility index (Phi) is 4.57. The summed E-state index contributed by atoms with van der Waals surface area (Å²) in [7, 11) is 0. The Labute approximate surface area is 140 Å². The van der Waals surface area contributed by atoms with Crippen LogP contribution in [-0.4, -0.2) is 22.3 Å². The molecule has 0 aliphatic carbocycles. The molecule has 0 spiro atoms. The summed E-state index contributed by atoms with van der Waals surface area (Å²) in [5, 5.41) is 0. The number of nitrogens with one attached hydrogen (secondary N) is 1. The summed E-state index contributed by atoms with van der Waals surface area (Å²) in [5.41, 5.74) is 1.78. The molecule has 0 bridgehead atoms. The van der Waals surface area contributed by atoms with Crippen molar-refractivity contribution in [1.82, 2.24) is 9.55 Å². The number of nitrogens with zero attached hydrogens (tertiary/aromatic N) is 1. The summed E-state index contributed by atoms with van der Waals surface area (Å²) in [6.07, 6.45) is 1.33. The number of H-pyrrole nitrogens is 1. The third-order valence-electron chi connectivity index (χ3n) is 3.94. The van der Waals surface area contributed by atoms with Crippen molar-refractivity contribution in [2.75, 3.05) is 6.61 Å². The molecule has 128 valence electrons. The minimum atomic E-state index is -0.463. The number of benzene rings is 1. The SMILES string of the molecule is CCCc1c(Oc2cc(C)cc(C)c2)n(CC2CO2)c(=O)[nH]c1=O. The second-order valence-electron chi connectivity index (χ2n) is 6.28. The number of epoxide rings is 1. The maximum absolute atomic E-state index is 12.3. The summed E-state index contributed by atoms with van der Waals surface area (Å²) in [4.78, 5) is 26.9. The third-order valence-corrected chi connectivity index (χ3v) is 3.94. The van der Waals surface area contributed by atoms with Crippen LogP contribution >= 0.6 is 0 Å². The second-order valence-corrected chi connectivity index (χ2v) is 6.28. The highest BCUT2D eigenvalue weighted by atomic mass is 16.6. The molecule has 1 aromatic carbocycles. The molecule has 2 heterocycles. The van der Waals surface area contributed by atoms with Gasteiger partial charge in [-0.25, -0.2) is 4.79 Å². The zero-order valence-electron chi connectivity index (χ0n) is 14.2. The first-order chi connectivity index (χ1) is 11.5. The first kappa shape index (κ1) is 16.5. The lowest BCUT2D eigenvalue weighted by molar-refractivity contribution is 0.349. The van der Waals surface area contributed by atoms with E-state index in [-0.39, 0.29) is 11.7 Å². The van der Waals surface area contributed by atoms with Gasteiger partial charge in [-0.1, -0.05) is 19.4 Å². The van der Waals surface area contributed by atoms with Gasteiger partial charge in [0.2, 0.25) is 5.88 Å². The lowest BCUT2D eigenvalue weighted by atomic mass is 10.1. The topological polar surface area (TPSA) is 76.6 Å². The molecule has 1 aliphatic heterocycles. The molecule has 0 amide bonds. The number of aryl methyl sites for hydroxylation is 2. The van der Waals surface area contributed by atoms with Gasteiger partial charge in [-0.15, -0.1) is 0 Å². The summed E-state index contributed by atoms with van der Waals surface area (Å²) in [6.45, 7) is 6.95. The molecule has 1 aromatic heterocycles. The smallest absolute Gasteiger partial charge is 0.331 e. The van der Waals surface area contributed by atoms with E-state index in [4.69, 9.17) is 9.47 Å². The van der Waals surface area contributed by atoms with Crippen LogP contribution in [0.3, 0.4) is 0 Å². The first-order valence-corrected chi connectivity index (χ1v) is 8.21. The predicted octanol–water partition coefficient (Wildman–Crippen LogP) is 2.30. The highest BCUT2D eigenvalue weighted by Crippen LogP contribution is 2.26. The third kappa shape index (κ3) is 3.59. The summed E-state index contributed by atoms with van der Waals surface area (Å²) in [6, 6.07) is 5.83. The number of aromatic nitrogens is 2. The fraction of sp³-hybridized carbons (Fsp3) is 0.444. The van der Waals surface area contributed by atoms with Gasteiger partial charge in [0, 0.05) is 0 Å². The molecule has 24 heavy (non-hydrogen) atoms. The van der Waals surface area contributed by atoms with Crippen LogP contribution in [0.15, 0.2) is 27.8 Å². The minimum Gasteiger partial charge on any atom is -0.440 e. The molecular weight excluding hydrogens is 308 g/mol. The van der Waals surface area contributed by atoms with Gasteiger partial charge in [0.25, 0.3) is 5.56 Å². The standard InChI is InChI=1S/C18H22N2O4/c1-4-5-15-16(21)19-18(22)20(9-14-10-23-14)17(15)24-13-7-11(2)6-12(3)8-13/h6-8,14H,4-5,9-10H2,1-3H3,(H,19,21,22). The van der Waals surface area contributed by atoms with Gasteiger partial charge < -0.3 is 9.47 Å². The van der Waals surface area contributed by atoms with E-state index in [0.29, 0.717) is 36.8 Å². The van der Waals surface area contributed by atoms with Crippen molar-refractivity contribution in [2.45, 2.75) is 46.3 Å². The summed E-state index contributed by atoms with van der Waals surface area (Å²) >= 11 is 0.